The fourth-order valence-corrected chi connectivity index (χ4v) is 3.09. The molecule has 146 valence electrons. The first-order chi connectivity index (χ1) is 13.1. The average Bonchev–Trinajstić information content (AvgIpc) is 2.63. The van der Waals surface area contributed by atoms with Gasteiger partial charge in [-0.1, -0.05) is 11.6 Å². The van der Waals surface area contributed by atoms with E-state index in [-0.39, 0.29) is 34.3 Å². The molecule has 0 heterocycles. The number of ether oxygens (including phenoxy) is 2. The minimum atomic E-state index is -3.82. The normalized spacial score (nSPS) is 10.8. The molecule has 0 atom stereocenters. The highest BCUT2D eigenvalue weighted by Gasteiger charge is 2.22. The van der Waals surface area contributed by atoms with Crippen LogP contribution < -0.4 is 9.47 Å². The highest BCUT2D eigenvalue weighted by atomic mass is 35.5. The number of carbonyl (C=O) groups is 1. The van der Waals surface area contributed by atoms with Gasteiger partial charge in [-0.15, -0.1) is 0 Å². The van der Waals surface area contributed by atoms with Crippen molar-refractivity contribution >= 4 is 33.1 Å². The van der Waals surface area contributed by atoms with Crippen LogP contribution in [-0.4, -0.2) is 32.2 Å². The highest BCUT2D eigenvalue weighted by Crippen LogP contribution is 2.37. The maximum atomic E-state index is 12.5. The molecule has 2 aromatic carbocycles. The minimum Gasteiger partial charge on any atom is -0.490 e. The zero-order chi connectivity index (χ0) is 21.1. The molecule has 0 aromatic heterocycles. The maximum Gasteiger partial charge on any atom is 0.344 e. The molecule has 0 fully saturated rings. The smallest absolute Gasteiger partial charge is 0.344 e. The van der Waals surface area contributed by atoms with E-state index in [4.69, 9.17) is 26.3 Å². The Morgan fingerprint density at radius 3 is 2.50 bits per heavy atom. The molecule has 28 heavy (non-hydrogen) atoms. The zero-order valence-electron chi connectivity index (χ0n) is 14.6. The number of nitrogens with zero attached hydrogens (tertiary/aromatic N) is 2. The number of rotatable bonds is 6. The van der Waals surface area contributed by atoms with E-state index in [0.29, 0.717) is 0 Å². The van der Waals surface area contributed by atoms with Crippen molar-refractivity contribution in [1.29, 1.82) is 5.26 Å². The highest BCUT2D eigenvalue weighted by molar-refractivity contribution is 7.90. The van der Waals surface area contributed by atoms with Gasteiger partial charge in [0.15, 0.2) is 21.3 Å². The van der Waals surface area contributed by atoms with Gasteiger partial charge in [-0.25, -0.2) is 13.2 Å². The van der Waals surface area contributed by atoms with E-state index < -0.39 is 31.3 Å². The fraction of sp³-hybridized carbons (Fsp3) is 0.176. The van der Waals surface area contributed by atoms with E-state index in [1.54, 1.807) is 6.92 Å². The second-order valence-corrected chi connectivity index (χ2v) is 7.89. The third-order valence-electron chi connectivity index (χ3n) is 3.40. The molecular weight excluding hydrogens is 412 g/mol. The molecule has 0 unspecified atom stereocenters. The van der Waals surface area contributed by atoms with Gasteiger partial charge in [0.2, 0.25) is 0 Å². The largest absolute Gasteiger partial charge is 0.490 e. The summed E-state index contributed by atoms with van der Waals surface area (Å²) in [5, 5.41) is 20.0. The third-order valence-corrected chi connectivity index (χ3v) is 4.77. The van der Waals surface area contributed by atoms with Gasteiger partial charge in [0, 0.05) is 24.5 Å². The molecular formula is C17H13ClN2O7S. The number of hydrogen-bond donors (Lipinski definition) is 0. The van der Waals surface area contributed by atoms with Gasteiger partial charge in [0.25, 0.3) is 5.69 Å². The van der Waals surface area contributed by atoms with Crippen LogP contribution in [0, 0.1) is 21.4 Å². The second kappa shape index (κ2) is 8.24. The number of nitro groups is 1. The van der Waals surface area contributed by atoms with E-state index in [1.807, 2.05) is 6.07 Å². The van der Waals surface area contributed by atoms with Crippen molar-refractivity contribution in [3.05, 3.63) is 56.6 Å². The van der Waals surface area contributed by atoms with Crippen molar-refractivity contribution in [2.75, 3.05) is 12.9 Å². The monoisotopic (exact) mass is 424 g/mol. The Morgan fingerprint density at radius 2 is 1.96 bits per heavy atom. The SMILES string of the molecule is CCOc1cc(C#N)cc(Cl)c1OC(=O)c1cc([N+](=O)[O-])cc(S(C)(=O)=O)c1. The van der Waals surface area contributed by atoms with Crippen LogP contribution in [0.25, 0.3) is 0 Å². The fourth-order valence-electron chi connectivity index (χ4n) is 2.17. The molecule has 0 bridgehead atoms. The second-order valence-electron chi connectivity index (χ2n) is 5.46. The van der Waals surface area contributed by atoms with Crippen molar-refractivity contribution in [2.24, 2.45) is 0 Å². The van der Waals surface area contributed by atoms with Crippen LogP contribution in [0.2, 0.25) is 5.02 Å². The first-order valence-electron chi connectivity index (χ1n) is 7.65. The van der Waals surface area contributed by atoms with Crippen molar-refractivity contribution in [2.45, 2.75) is 11.8 Å². The lowest BCUT2D eigenvalue weighted by atomic mass is 10.2. The van der Waals surface area contributed by atoms with Crippen LogP contribution in [0.3, 0.4) is 0 Å². The lowest BCUT2D eigenvalue weighted by Crippen LogP contribution is -2.12. The quantitative estimate of drug-likeness (QED) is 0.298. The zero-order valence-corrected chi connectivity index (χ0v) is 16.2. The topological polar surface area (TPSA) is 137 Å². The lowest BCUT2D eigenvalue weighted by Gasteiger charge is -2.13. The van der Waals surface area contributed by atoms with Gasteiger partial charge in [-0.2, -0.15) is 5.26 Å². The molecule has 0 amide bonds. The summed E-state index contributed by atoms with van der Waals surface area (Å²) in [5.74, 6) is -1.25. The number of carbonyl (C=O) groups excluding carboxylic acids is 1. The molecule has 2 aromatic rings. The number of esters is 1. The molecule has 9 nitrogen and oxygen atoms in total. The number of benzene rings is 2. The Morgan fingerprint density at radius 1 is 1.29 bits per heavy atom. The Balaban J connectivity index is 2.53. The molecule has 0 N–H and O–H groups in total. The summed E-state index contributed by atoms with van der Waals surface area (Å²) in [6.07, 6.45) is 0.853. The Bertz CT molecular complexity index is 1110. The molecule has 11 heteroatoms. The number of hydrogen-bond acceptors (Lipinski definition) is 8. The summed E-state index contributed by atoms with van der Waals surface area (Å²) in [7, 11) is -3.82. The molecule has 0 aliphatic carbocycles. The van der Waals surface area contributed by atoms with Crippen LogP contribution in [0.5, 0.6) is 11.5 Å². The number of non-ortho nitro benzene ring substituents is 1. The molecule has 0 saturated heterocycles. The summed E-state index contributed by atoms with van der Waals surface area (Å²) < 4.78 is 34.0. The Kier molecular flexibility index (Phi) is 6.23. The van der Waals surface area contributed by atoms with Crippen molar-refractivity contribution in [3.63, 3.8) is 0 Å². The first kappa shape index (κ1) is 21.1. The Hall–Kier alpha value is -3.16. The summed E-state index contributed by atoms with van der Waals surface area (Å²) in [5.41, 5.74) is -0.786. The van der Waals surface area contributed by atoms with E-state index in [1.165, 1.54) is 12.1 Å². The van der Waals surface area contributed by atoms with Gasteiger partial charge in [0.1, 0.15) is 0 Å². The average molecular weight is 425 g/mol. The number of nitriles is 1. The Labute approximate surface area is 165 Å². The number of sulfone groups is 1. The molecule has 0 spiro atoms. The lowest BCUT2D eigenvalue weighted by molar-refractivity contribution is -0.385. The van der Waals surface area contributed by atoms with Crippen LogP contribution in [0.15, 0.2) is 35.2 Å². The molecule has 0 radical (unpaired) electrons. The van der Waals surface area contributed by atoms with Crippen LogP contribution in [-0.2, 0) is 9.84 Å². The first-order valence-corrected chi connectivity index (χ1v) is 9.92. The van der Waals surface area contributed by atoms with Crippen molar-refractivity contribution in [1.82, 2.24) is 0 Å². The molecule has 0 aliphatic rings. The van der Waals surface area contributed by atoms with Crippen LogP contribution >= 0.6 is 11.6 Å². The van der Waals surface area contributed by atoms with Gasteiger partial charge in [0.05, 0.1) is 38.6 Å². The predicted molar refractivity (Wildman–Crippen MR) is 98.5 cm³/mol. The van der Waals surface area contributed by atoms with Crippen LogP contribution in [0.1, 0.15) is 22.8 Å². The van der Waals surface area contributed by atoms with Crippen molar-refractivity contribution in [3.8, 4) is 17.6 Å². The number of nitro benzene ring substituents is 1. The summed E-state index contributed by atoms with van der Waals surface area (Å²) in [6, 6.07) is 7.13. The number of halogens is 1. The van der Waals surface area contributed by atoms with Gasteiger partial charge >= 0.3 is 5.97 Å². The van der Waals surface area contributed by atoms with E-state index >= 15 is 0 Å². The van der Waals surface area contributed by atoms with E-state index in [2.05, 4.69) is 0 Å². The van der Waals surface area contributed by atoms with Gasteiger partial charge < -0.3 is 9.47 Å². The summed E-state index contributed by atoms with van der Waals surface area (Å²) >= 11 is 6.05. The van der Waals surface area contributed by atoms with Crippen LogP contribution in [0.4, 0.5) is 5.69 Å². The third kappa shape index (κ3) is 4.76. The molecule has 2 rings (SSSR count). The maximum absolute atomic E-state index is 12.5. The molecule has 0 aliphatic heterocycles. The summed E-state index contributed by atoms with van der Waals surface area (Å²) in [4.78, 5) is 22.3. The van der Waals surface area contributed by atoms with E-state index in [9.17, 15) is 23.3 Å². The van der Waals surface area contributed by atoms with Gasteiger partial charge in [-0.05, 0) is 19.1 Å². The predicted octanol–water partition coefficient (Wildman–Crippen LogP) is 3.14. The molecule has 0 saturated carbocycles. The van der Waals surface area contributed by atoms with Gasteiger partial charge in [-0.3, -0.25) is 10.1 Å². The van der Waals surface area contributed by atoms with E-state index in [0.717, 1.165) is 24.5 Å². The standard InChI is InChI=1S/C17H13ClN2O7S/c1-3-26-15-5-10(9-19)4-14(18)16(15)27-17(21)11-6-12(20(22)23)8-13(7-11)28(2,24)25/h4-8H,3H2,1-2H3. The van der Waals surface area contributed by atoms with Crippen molar-refractivity contribution < 1.29 is 27.6 Å². The summed E-state index contributed by atoms with van der Waals surface area (Å²) in [6.45, 7) is 1.85. The minimum absolute atomic E-state index is 0.0219.